The zero-order chi connectivity index (χ0) is 11.4. The van der Waals surface area contributed by atoms with Crippen molar-refractivity contribution in [2.24, 2.45) is 0 Å². The summed E-state index contributed by atoms with van der Waals surface area (Å²) in [6, 6.07) is 0. The van der Waals surface area contributed by atoms with E-state index in [4.69, 9.17) is 0 Å². The Labute approximate surface area is 101 Å². The fourth-order valence-corrected chi connectivity index (χ4v) is 5.20. The SMILES string of the molecule is C[CH2][Al]([CH2]C)[CH2]C.C[CH2][Al]([CH2]C)[CH2]C. The molecule has 0 nitrogen and oxygen atoms in total. The second-order valence-electron chi connectivity index (χ2n) is 4.18. The average Bonchev–Trinajstić information content (AvgIpc) is 2.24. The van der Waals surface area contributed by atoms with Crippen LogP contribution in [0.2, 0.25) is 31.7 Å². The fourth-order valence-electron chi connectivity index (χ4n) is 1.73. The van der Waals surface area contributed by atoms with Crippen LogP contribution in [-0.2, 0) is 0 Å². The summed E-state index contributed by atoms with van der Waals surface area (Å²) in [5, 5.41) is 8.96. The second kappa shape index (κ2) is 14.1. The third-order valence-electron chi connectivity index (χ3n) is 3.46. The van der Waals surface area contributed by atoms with Crippen LogP contribution < -0.4 is 0 Å². The quantitative estimate of drug-likeness (QED) is 0.556. The predicted octanol–water partition coefficient (Wildman–Crippen LogP) is 5.08. The van der Waals surface area contributed by atoms with Crippen molar-refractivity contribution >= 4 is 28.3 Å². The minimum Gasteiger partial charge on any atom is -0.0967 e. The molecule has 0 spiro atoms. The van der Waals surface area contributed by atoms with Crippen molar-refractivity contribution in [2.75, 3.05) is 0 Å². The van der Waals surface area contributed by atoms with Gasteiger partial charge in [-0.1, -0.05) is 73.2 Å². The molecule has 84 valence electrons. The number of hydrogen-bond donors (Lipinski definition) is 0. The van der Waals surface area contributed by atoms with Crippen molar-refractivity contribution in [1.29, 1.82) is 0 Å². The Balaban J connectivity index is 0. The average molecular weight is 228 g/mol. The highest BCUT2D eigenvalue weighted by atomic mass is 27.2. The molecule has 0 aromatic carbocycles. The first-order valence-electron chi connectivity index (χ1n) is 6.69. The van der Waals surface area contributed by atoms with Crippen molar-refractivity contribution in [1.82, 2.24) is 0 Å². The van der Waals surface area contributed by atoms with Gasteiger partial charge in [-0.05, 0) is 0 Å². The lowest BCUT2D eigenvalue weighted by molar-refractivity contribution is 1.24. The maximum atomic E-state index is 2.32. The molecule has 0 rings (SSSR count). The van der Waals surface area contributed by atoms with E-state index in [1.807, 2.05) is 0 Å². The first kappa shape index (κ1) is 17.5. The van der Waals surface area contributed by atoms with E-state index in [9.17, 15) is 0 Å². The zero-order valence-electron chi connectivity index (χ0n) is 11.4. The van der Waals surface area contributed by atoms with E-state index in [1.165, 1.54) is 31.7 Å². The summed E-state index contributed by atoms with van der Waals surface area (Å²) in [6.45, 7) is 13.9. The van der Waals surface area contributed by atoms with Gasteiger partial charge in [-0.2, -0.15) is 0 Å². The summed E-state index contributed by atoms with van der Waals surface area (Å²) in [7, 11) is 0. The Bertz CT molecular complexity index is 63.3. The van der Waals surface area contributed by atoms with Crippen molar-refractivity contribution in [3.63, 3.8) is 0 Å². The fraction of sp³-hybridized carbons (Fsp3) is 1.00. The van der Waals surface area contributed by atoms with Crippen molar-refractivity contribution in [2.45, 2.75) is 73.2 Å². The smallest absolute Gasteiger partial charge is 0.0967 e. The molecule has 0 aromatic rings. The van der Waals surface area contributed by atoms with Crippen LogP contribution in [0.3, 0.4) is 0 Å². The van der Waals surface area contributed by atoms with E-state index < -0.39 is 0 Å². The Morgan fingerprint density at radius 1 is 0.429 bits per heavy atom. The van der Waals surface area contributed by atoms with Crippen molar-refractivity contribution < 1.29 is 0 Å². The van der Waals surface area contributed by atoms with E-state index in [2.05, 4.69) is 41.5 Å². The molecule has 14 heavy (non-hydrogen) atoms. The van der Waals surface area contributed by atoms with Gasteiger partial charge in [0.1, 0.15) is 0 Å². The monoisotopic (exact) mass is 228 g/mol. The molecule has 0 fully saturated rings. The van der Waals surface area contributed by atoms with Gasteiger partial charge in [0.25, 0.3) is 28.3 Å². The van der Waals surface area contributed by atoms with Gasteiger partial charge in [0.2, 0.25) is 0 Å². The van der Waals surface area contributed by atoms with Crippen LogP contribution in [0.5, 0.6) is 0 Å². The molecule has 0 aromatic heterocycles. The lowest BCUT2D eigenvalue weighted by atomic mass is 10.9. The van der Waals surface area contributed by atoms with Crippen LogP contribution in [0, 0.1) is 0 Å². The number of rotatable bonds is 6. The molecule has 0 saturated carbocycles. The molecule has 2 heteroatoms. The molecule has 0 aliphatic carbocycles. The highest BCUT2D eigenvalue weighted by Gasteiger charge is 2.06. The van der Waals surface area contributed by atoms with Gasteiger partial charge in [-0.3, -0.25) is 0 Å². The molecule has 0 bridgehead atoms. The molecule has 0 unspecified atom stereocenters. The summed E-state index contributed by atoms with van der Waals surface area (Å²) in [4.78, 5) is 0. The second-order valence-corrected chi connectivity index (χ2v) is 12.5. The Morgan fingerprint density at radius 3 is 0.571 bits per heavy atom. The molecule has 0 aliphatic rings. The van der Waals surface area contributed by atoms with E-state index in [0.717, 1.165) is 0 Å². The highest BCUT2D eigenvalue weighted by molar-refractivity contribution is 6.58. The summed E-state index contributed by atoms with van der Waals surface area (Å²) >= 11 is -0.343. The molecular formula is C12H30Al2. The van der Waals surface area contributed by atoms with Gasteiger partial charge in [-0.15, -0.1) is 0 Å². The molecule has 0 aliphatic heterocycles. The summed E-state index contributed by atoms with van der Waals surface area (Å²) < 4.78 is 0. The first-order valence-corrected chi connectivity index (χ1v) is 11.6. The molecule has 0 amide bonds. The van der Waals surface area contributed by atoms with Crippen LogP contribution >= 0.6 is 0 Å². The molecule has 0 saturated heterocycles. The van der Waals surface area contributed by atoms with Crippen molar-refractivity contribution in [3.8, 4) is 0 Å². The summed E-state index contributed by atoms with van der Waals surface area (Å²) in [6.07, 6.45) is 0. The Hall–Kier alpha value is 1.06. The molecule has 0 heterocycles. The molecule has 0 N–H and O–H groups in total. The van der Waals surface area contributed by atoms with E-state index in [-0.39, 0.29) is 28.3 Å². The van der Waals surface area contributed by atoms with E-state index >= 15 is 0 Å². The maximum absolute atomic E-state index is 2.32. The highest BCUT2D eigenvalue weighted by Crippen LogP contribution is 2.02. The van der Waals surface area contributed by atoms with Gasteiger partial charge in [-0.25, -0.2) is 0 Å². The normalized spacial score (nSPS) is 9.00. The lowest BCUT2D eigenvalue weighted by Gasteiger charge is -1.97. The molecular weight excluding hydrogens is 198 g/mol. The van der Waals surface area contributed by atoms with Crippen molar-refractivity contribution in [3.05, 3.63) is 0 Å². The maximum Gasteiger partial charge on any atom is 0.261 e. The predicted molar refractivity (Wildman–Crippen MR) is 74.4 cm³/mol. The summed E-state index contributed by atoms with van der Waals surface area (Å²) in [5.74, 6) is 0. The molecule has 0 atom stereocenters. The zero-order valence-corrected chi connectivity index (χ0v) is 13.7. The third-order valence-corrected chi connectivity index (χ3v) is 10.4. The Kier molecular flexibility index (Phi) is 17.5. The van der Waals surface area contributed by atoms with Gasteiger partial charge in [0.15, 0.2) is 0 Å². The summed E-state index contributed by atoms with van der Waals surface area (Å²) in [5.41, 5.74) is 0. The minimum atomic E-state index is -0.171. The van der Waals surface area contributed by atoms with E-state index in [0.29, 0.717) is 0 Å². The van der Waals surface area contributed by atoms with Crippen LogP contribution in [0.4, 0.5) is 0 Å². The number of hydrogen-bond acceptors (Lipinski definition) is 0. The largest absolute Gasteiger partial charge is 0.261 e. The lowest BCUT2D eigenvalue weighted by Crippen LogP contribution is -2.04. The van der Waals surface area contributed by atoms with Crippen LogP contribution in [0.25, 0.3) is 0 Å². The van der Waals surface area contributed by atoms with Crippen LogP contribution in [-0.4, -0.2) is 28.3 Å². The minimum absolute atomic E-state index is 0.171. The van der Waals surface area contributed by atoms with Gasteiger partial charge < -0.3 is 0 Å². The molecule has 0 radical (unpaired) electrons. The topological polar surface area (TPSA) is 0 Å². The van der Waals surface area contributed by atoms with Gasteiger partial charge >= 0.3 is 0 Å². The van der Waals surface area contributed by atoms with Gasteiger partial charge in [0.05, 0.1) is 0 Å². The standard InChI is InChI=1S/6C2H5.2Al/c6*1-2;;/h6*1H2,2H3;;. The van der Waals surface area contributed by atoms with Gasteiger partial charge in [0, 0.05) is 0 Å². The first-order chi connectivity index (χ1) is 6.69. The van der Waals surface area contributed by atoms with E-state index in [1.54, 1.807) is 0 Å². The van der Waals surface area contributed by atoms with Crippen LogP contribution in [0.15, 0.2) is 0 Å². The third kappa shape index (κ3) is 11.1. The Morgan fingerprint density at radius 2 is 0.571 bits per heavy atom. The van der Waals surface area contributed by atoms with Crippen LogP contribution in [0.1, 0.15) is 41.5 Å².